The number of likely N-dealkylation sites (tertiary alicyclic amines) is 1. The van der Waals surface area contributed by atoms with Crippen LogP contribution in [0, 0.1) is 0 Å². The predicted molar refractivity (Wildman–Crippen MR) is 128 cm³/mol. The van der Waals surface area contributed by atoms with E-state index >= 15 is 0 Å². The molecule has 1 atom stereocenters. The average Bonchev–Trinajstić information content (AvgIpc) is 3.09. The Kier molecular flexibility index (Phi) is 8.30. The van der Waals surface area contributed by atoms with Crippen molar-refractivity contribution < 1.29 is 24.2 Å². The van der Waals surface area contributed by atoms with Crippen LogP contribution in [0.3, 0.4) is 0 Å². The molecule has 1 N–H and O–H groups in total. The van der Waals surface area contributed by atoms with Gasteiger partial charge in [-0.1, -0.05) is 57.2 Å². The molecule has 0 bridgehead atoms. The monoisotopic (exact) mass is 449 g/mol. The van der Waals surface area contributed by atoms with Gasteiger partial charge in [-0.05, 0) is 42.7 Å². The van der Waals surface area contributed by atoms with Crippen LogP contribution in [0.25, 0.3) is 5.76 Å². The van der Waals surface area contributed by atoms with Crippen LogP contribution in [0.4, 0.5) is 0 Å². The number of amides is 1. The minimum Gasteiger partial charge on any atom is -0.507 e. The summed E-state index contributed by atoms with van der Waals surface area (Å²) in [6.45, 7) is 8.99. The molecule has 6 heteroatoms. The lowest BCUT2D eigenvalue weighted by molar-refractivity contribution is -0.139. The summed E-state index contributed by atoms with van der Waals surface area (Å²) in [4.78, 5) is 27.6. The SMILES string of the molecule is C=CCOc1cccc(C2/C(=C(/O)c3cccc(OCCC)c3)C(=O)C(=O)N2CCCC)c1. The van der Waals surface area contributed by atoms with Crippen LogP contribution in [0.1, 0.15) is 50.3 Å². The quantitative estimate of drug-likeness (QED) is 0.219. The molecule has 0 aromatic heterocycles. The molecular formula is C27H31NO5. The Morgan fingerprint density at radius 2 is 1.79 bits per heavy atom. The molecule has 6 nitrogen and oxygen atoms in total. The van der Waals surface area contributed by atoms with E-state index in [0.717, 1.165) is 19.3 Å². The highest BCUT2D eigenvalue weighted by Gasteiger charge is 2.45. The smallest absolute Gasteiger partial charge is 0.295 e. The number of aliphatic hydroxyl groups excluding tert-OH is 1. The summed E-state index contributed by atoms with van der Waals surface area (Å²) >= 11 is 0. The minimum absolute atomic E-state index is 0.0737. The Morgan fingerprint density at radius 3 is 2.48 bits per heavy atom. The number of hydrogen-bond acceptors (Lipinski definition) is 5. The van der Waals surface area contributed by atoms with E-state index in [2.05, 4.69) is 6.58 Å². The molecule has 3 rings (SSSR count). The summed E-state index contributed by atoms with van der Waals surface area (Å²) in [6, 6.07) is 13.5. The van der Waals surface area contributed by atoms with Gasteiger partial charge >= 0.3 is 0 Å². The largest absolute Gasteiger partial charge is 0.507 e. The van der Waals surface area contributed by atoms with Crippen molar-refractivity contribution in [3.05, 3.63) is 77.9 Å². The van der Waals surface area contributed by atoms with Crippen LogP contribution < -0.4 is 9.47 Å². The highest BCUT2D eigenvalue weighted by Crippen LogP contribution is 2.40. The number of hydrogen-bond donors (Lipinski definition) is 1. The summed E-state index contributed by atoms with van der Waals surface area (Å²) in [5.41, 5.74) is 1.21. The molecule has 1 fully saturated rings. The van der Waals surface area contributed by atoms with Gasteiger partial charge in [-0.3, -0.25) is 9.59 Å². The van der Waals surface area contributed by atoms with Gasteiger partial charge in [0.15, 0.2) is 0 Å². The van der Waals surface area contributed by atoms with Gasteiger partial charge < -0.3 is 19.5 Å². The normalized spacial score (nSPS) is 17.3. The van der Waals surface area contributed by atoms with Crippen LogP contribution >= 0.6 is 0 Å². The Bertz CT molecular complexity index is 1040. The second kappa shape index (κ2) is 11.4. The molecule has 1 aliphatic heterocycles. The number of carbonyl (C=O) groups excluding carboxylic acids is 2. The number of carbonyl (C=O) groups is 2. The minimum atomic E-state index is -0.705. The molecule has 0 spiro atoms. The Labute approximate surface area is 195 Å². The standard InChI is InChI=1S/C27H31NO5/c1-4-7-14-28-24(19-10-8-12-21(17-19)32-15-5-2)23(26(30)27(28)31)25(29)20-11-9-13-22(18-20)33-16-6-3/h5,8-13,17-18,24,29H,2,4,6-7,14-16H2,1,3H3/b25-23-. The van der Waals surface area contributed by atoms with Crippen molar-refractivity contribution in [3.8, 4) is 11.5 Å². The highest BCUT2D eigenvalue weighted by molar-refractivity contribution is 6.46. The van der Waals surface area contributed by atoms with E-state index in [4.69, 9.17) is 9.47 Å². The molecule has 2 aromatic carbocycles. The van der Waals surface area contributed by atoms with Gasteiger partial charge in [0.25, 0.3) is 11.7 Å². The van der Waals surface area contributed by atoms with Gasteiger partial charge in [-0.2, -0.15) is 0 Å². The van der Waals surface area contributed by atoms with Gasteiger partial charge in [-0.15, -0.1) is 0 Å². The second-order valence-corrected chi connectivity index (χ2v) is 7.89. The number of benzene rings is 2. The molecule has 174 valence electrons. The molecule has 0 aliphatic carbocycles. The molecule has 2 aromatic rings. The molecule has 0 saturated carbocycles. The molecule has 1 amide bonds. The van der Waals surface area contributed by atoms with Gasteiger partial charge in [0.05, 0.1) is 18.2 Å². The molecule has 1 unspecified atom stereocenters. The maximum absolute atomic E-state index is 13.1. The van der Waals surface area contributed by atoms with Gasteiger partial charge in [-0.25, -0.2) is 0 Å². The third-order valence-corrected chi connectivity index (χ3v) is 5.41. The fraction of sp³-hybridized carbons (Fsp3) is 0.333. The van der Waals surface area contributed by atoms with Crippen molar-refractivity contribution >= 4 is 17.4 Å². The van der Waals surface area contributed by atoms with Crippen molar-refractivity contribution in [2.75, 3.05) is 19.8 Å². The molecule has 33 heavy (non-hydrogen) atoms. The van der Waals surface area contributed by atoms with E-state index in [9.17, 15) is 14.7 Å². The van der Waals surface area contributed by atoms with Gasteiger partial charge in [0.2, 0.25) is 0 Å². The first kappa shape index (κ1) is 24.1. The zero-order chi connectivity index (χ0) is 23.8. The number of rotatable bonds is 11. The van der Waals surface area contributed by atoms with E-state index in [-0.39, 0.29) is 11.3 Å². The van der Waals surface area contributed by atoms with Crippen molar-refractivity contribution in [2.45, 2.75) is 39.2 Å². The maximum atomic E-state index is 13.1. The van der Waals surface area contributed by atoms with Crippen LogP contribution in [-0.2, 0) is 9.59 Å². The summed E-state index contributed by atoms with van der Waals surface area (Å²) in [6.07, 6.45) is 4.11. The lowest BCUT2D eigenvalue weighted by Gasteiger charge is -2.25. The third kappa shape index (κ3) is 5.45. The van der Waals surface area contributed by atoms with Crippen molar-refractivity contribution in [1.82, 2.24) is 4.90 Å². The first-order chi connectivity index (χ1) is 16.0. The van der Waals surface area contributed by atoms with Gasteiger partial charge in [0, 0.05) is 12.1 Å². The van der Waals surface area contributed by atoms with Gasteiger partial charge in [0.1, 0.15) is 23.9 Å². The summed E-state index contributed by atoms with van der Waals surface area (Å²) in [7, 11) is 0. The molecule has 1 aliphatic rings. The van der Waals surface area contributed by atoms with E-state index in [0.29, 0.717) is 42.4 Å². The molecular weight excluding hydrogens is 418 g/mol. The lowest BCUT2D eigenvalue weighted by Crippen LogP contribution is -2.30. The number of ketones is 1. The maximum Gasteiger partial charge on any atom is 0.295 e. The van der Waals surface area contributed by atoms with E-state index in [1.807, 2.05) is 26.0 Å². The molecule has 0 radical (unpaired) electrons. The topological polar surface area (TPSA) is 76.1 Å². The number of nitrogens with zero attached hydrogens (tertiary/aromatic N) is 1. The Morgan fingerprint density at radius 1 is 1.06 bits per heavy atom. The van der Waals surface area contributed by atoms with Crippen LogP contribution in [0.15, 0.2) is 66.8 Å². The first-order valence-electron chi connectivity index (χ1n) is 11.4. The van der Waals surface area contributed by atoms with Crippen molar-refractivity contribution in [3.63, 3.8) is 0 Å². The molecule has 1 heterocycles. The van der Waals surface area contributed by atoms with E-state index < -0.39 is 17.7 Å². The predicted octanol–water partition coefficient (Wildman–Crippen LogP) is 5.26. The fourth-order valence-corrected chi connectivity index (χ4v) is 3.82. The Balaban J connectivity index is 2.10. The van der Waals surface area contributed by atoms with Crippen molar-refractivity contribution in [1.29, 1.82) is 0 Å². The lowest BCUT2D eigenvalue weighted by atomic mass is 9.95. The third-order valence-electron chi connectivity index (χ3n) is 5.41. The summed E-state index contributed by atoms with van der Waals surface area (Å²) in [5, 5.41) is 11.2. The molecule has 1 saturated heterocycles. The Hall–Kier alpha value is -3.54. The second-order valence-electron chi connectivity index (χ2n) is 7.89. The van der Waals surface area contributed by atoms with Crippen LogP contribution in [0.5, 0.6) is 11.5 Å². The number of aliphatic hydroxyl groups is 1. The van der Waals surface area contributed by atoms with Crippen molar-refractivity contribution in [2.24, 2.45) is 0 Å². The van der Waals surface area contributed by atoms with Crippen LogP contribution in [0.2, 0.25) is 0 Å². The average molecular weight is 450 g/mol. The number of unbranched alkanes of at least 4 members (excludes halogenated alkanes) is 1. The zero-order valence-corrected chi connectivity index (χ0v) is 19.3. The highest BCUT2D eigenvalue weighted by atomic mass is 16.5. The fourth-order valence-electron chi connectivity index (χ4n) is 3.82. The summed E-state index contributed by atoms with van der Waals surface area (Å²) < 4.78 is 11.3. The first-order valence-corrected chi connectivity index (χ1v) is 11.4. The van der Waals surface area contributed by atoms with E-state index in [1.165, 1.54) is 0 Å². The number of Topliss-reactive ketones (excluding diaryl/α,β-unsaturated/α-hetero) is 1. The van der Waals surface area contributed by atoms with Crippen LogP contribution in [-0.4, -0.2) is 41.5 Å². The zero-order valence-electron chi connectivity index (χ0n) is 19.3. The van der Waals surface area contributed by atoms with E-state index in [1.54, 1.807) is 47.4 Å². The summed E-state index contributed by atoms with van der Waals surface area (Å²) in [5.74, 6) is -0.311. The number of ether oxygens (including phenoxy) is 2.